The Kier molecular flexibility index (Phi) is 11.6. The summed E-state index contributed by atoms with van der Waals surface area (Å²) in [5.41, 5.74) is 7.37. The first-order valence-electron chi connectivity index (χ1n) is 10.9. The number of alkyl carbamates (subject to hydrolysis) is 1. The van der Waals surface area contributed by atoms with Gasteiger partial charge in [-0.2, -0.15) is 0 Å². The Hall–Kier alpha value is -3.92. The zero-order valence-electron chi connectivity index (χ0n) is 19.1. The van der Waals surface area contributed by atoms with Crippen molar-refractivity contribution in [2.45, 2.75) is 39.0 Å². The molecule has 2 rings (SSSR count). The molecule has 0 radical (unpaired) electrons. The number of rotatable bonds is 10. The van der Waals surface area contributed by atoms with Crippen LogP contribution >= 0.6 is 0 Å². The molecule has 0 aromatic heterocycles. The number of aliphatic imine (C=N–C) groups is 1. The minimum absolute atomic E-state index is 0.0311. The molecule has 0 saturated carbocycles. The predicted octanol–water partition coefficient (Wildman–Crippen LogP) is 2.87. The maximum atomic E-state index is 12.2. The zero-order valence-corrected chi connectivity index (χ0v) is 19.1. The Morgan fingerprint density at radius 2 is 1.50 bits per heavy atom. The second-order valence-electron chi connectivity index (χ2n) is 7.11. The number of amides is 2. The number of nitrogens with two attached hydrogens (primary N) is 1. The second kappa shape index (κ2) is 15.0. The highest BCUT2D eigenvalue weighted by Gasteiger charge is 2.15. The molecule has 0 fully saturated rings. The lowest BCUT2D eigenvalue weighted by molar-refractivity contribution is -0.144. The number of guanidine groups is 1. The summed E-state index contributed by atoms with van der Waals surface area (Å²) >= 11 is 0. The molecule has 0 aliphatic rings. The average Bonchev–Trinajstić information content (AvgIpc) is 2.85. The van der Waals surface area contributed by atoms with Crippen molar-refractivity contribution in [3.05, 3.63) is 71.8 Å². The van der Waals surface area contributed by atoms with Crippen LogP contribution < -0.4 is 16.4 Å². The van der Waals surface area contributed by atoms with Crippen molar-refractivity contribution in [2.75, 3.05) is 13.2 Å². The molecule has 34 heavy (non-hydrogen) atoms. The Labute approximate surface area is 198 Å². The summed E-state index contributed by atoms with van der Waals surface area (Å²) < 4.78 is 15.2. The van der Waals surface area contributed by atoms with E-state index in [1.54, 1.807) is 6.92 Å². The quantitative estimate of drug-likeness (QED) is 0.158. The number of nitrogens with zero attached hydrogens (tertiary/aromatic N) is 1. The smallest absolute Gasteiger partial charge is 0.437 e. The molecule has 182 valence electrons. The van der Waals surface area contributed by atoms with Crippen LogP contribution in [0.4, 0.5) is 9.59 Å². The molecule has 10 heteroatoms. The number of hydrogen-bond acceptors (Lipinski definition) is 7. The van der Waals surface area contributed by atoms with Crippen molar-refractivity contribution in [1.29, 1.82) is 0 Å². The van der Waals surface area contributed by atoms with E-state index in [-0.39, 0.29) is 32.3 Å². The minimum atomic E-state index is -0.891. The van der Waals surface area contributed by atoms with Crippen LogP contribution in [0.1, 0.15) is 30.9 Å². The molecule has 0 heterocycles. The summed E-state index contributed by atoms with van der Waals surface area (Å²) in [4.78, 5) is 39.8. The fraction of sp³-hybridized carbons (Fsp3) is 0.333. The van der Waals surface area contributed by atoms with Crippen molar-refractivity contribution >= 4 is 24.1 Å². The third kappa shape index (κ3) is 10.6. The number of nitrogens with one attached hydrogen (secondary N) is 2. The Morgan fingerprint density at radius 3 is 2.09 bits per heavy atom. The fourth-order valence-corrected chi connectivity index (χ4v) is 2.71. The third-order valence-corrected chi connectivity index (χ3v) is 4.42. The summed E-state index contributed by atoms with van der Waals surface area (Å²) in [5, 5.41) is 5.24. The van der Waals surface area contributed by atoms with Crippen molar-refractivity contribution in [2.24, 2.45) is 10.7 Å². The topological polar surface area (TPSA) is 141 Å². The minimum Gasteiger partial charge on any atom is -0.465 e. The highest BCUT2D eigenvalue weighted by Crippen LogP contribution is 2.03. The number of ether oxygens (including phenoxy) is 3. The average molecular weight is 471 g/mol. The first kappa shape index (κ1) is 26.3. The molecule has 0 spiro atoms. The van der Waals surface area contributed by atoms with E-state index in [1.165, 1.54) is 0 Å². The maximum Gasteiger partial charge on any atom is 0.437 e. The van der Waals surface area contributed by atoms with Gasteiger partial charge in [0.05, 0.1) is 6.61 Å². The summed E-state index contributed by atoms with van der Waals surface area (Å²) in [7, 11) is 0. The van der Waals surface area contributed by atoms with E-state index < -0.39 is 24.2 Å². The van der Waals surface area contributed by atoms with E-state index in [0.29, 0.717) is 12.8 Å². The van der Waals surface area contributed by atoms with Gasteiger partial charge in [0.1, 0.15) is 19.3 Å². The molecule has 2 aromatic carbocycles. The van der Waals surface area contributed by atoms with Gasteiger partial charge in [-0.1, -0.05) is 60.7 Å². The molecule has 0 bridgehead atoms. The van der Waals surface area contributed by atoms with E-state index in [2.05, 4.69) is 15.6 Å². The number of carbonyl (C=O) groups is 3. The summed E-state index contributed by atoms with van der Waals surface area (Å²) in [6.07, 6.45) is -0.887. The lowest BCUT2D eigenvalue weighted by Gasteiger charge is -2.13. The standard InChI is InChI=1S/C24H30N4O6/c1-2-32-21(29)20(25)14-9-15-26-22(27-23(30)33-16-18-10-5-3-6-11-18)28-24(31)34-17-19-12-7-4-8-13-19/h3-8,10-13,20H,2,9,14-17,25H2,1H3,(H2,26,27,28,30,31). The largest absolute Gasteiger partial charge is 0.465 e. The van der Waals surface area contributed by atoms with Gasteiger partial charge < -0.3 is 25.3 Å². The van der Waals surface area contributed by atoms with Crippen LogP contribution in [0.15, 0.2) is 65.7 Å². The van der Waals surface area contributed by atoms with Crippen molar-refractivity contribution in [3.8, 4) is 0 Å². The summed E-state index contributed by atoms with van der Waals surface area (Å²) in [6, 6.07) is 17.5. The normalized spacial score (nSPS) is 11.8. The molecule has 10 nitrogen and oxygen atoms in total. The van der Waals surface area contributed by atoms with Gasteiger partial charge in [0.15, 0.2) is 0 Å². The van der Waals surface area contributed by atoms with Gasteiger partial charge in [0.2, 0.25) is 5.96 Å². The Morgan fingerprint density at radius 1 is 0.912 bits per heavy atom. The molecule has 1 unspecified atom stereocenters. The van der Waals surface area contributed by atoms with E-state index in [9.17, 15) is 14.4 Å². The first-order chi connectivity index (χ1) is 16.5. The molecule has 1 atom stereocenters. The highest BCUT2D eigenvalue weighted by molar-refractivity contribution is 5.98. The van der Waals surface area contributed by atoms with Gasteiger partial charge in [-0.05, 0) is 30.9 Å². The monoisotopic (exact) mass is 470 g/mol. The van der Waals surface area contributed by atoms with Crippen LogP contribution in [0, 0.1) is 0 Å². The van der Waals surface area contributed by atoms with Crippen LogP contribution in [0.2, 0.25) is 0 Å². The van der Waals surface area contributed by atoms with Gasteiger partial charge >= 0.3 is 18.2 Å². The second-order valence-corrected chi connectivity index (χ2v) is 7.11. The Balaban J connectivity index is 1.90. The Bertz CT molecular complexity index is 937. The SMILES string of the molecule is CCOC(=O)C(N)CCCN/C(=N\C(=O)OCc1ccccc1)NC(=O)OCc1ccccc1. The van der Waals surface area contributed by atoms with E-state index in [1.807, 2.05) is 60.7 Å². The van der Waals surface area contributed by atoms with Crippen molar-refractivity contribution < 1.29 is 28.6 Å². The van der Waals surface area contributed by atoms with E-state index in [0.717, 1.165) is 11.1 Å². The van der Waals surface area contributed by atoms with Crippen LogP contribution in [0.3, 0.4) is 0 Å². The number of hydrogen-bond donors (Lipinski definition) is 3. The number of esters is 1. The molecule has 0 aliphatic heterocycles. The third-order valence-electron chi connectivity index (χ3n) is 4.42. The molecule has 4 N–H and O–H groups in total. The predicted molar refractivity (Wildman–Crippen MR) is 126 cm³/mol. The number of carbonyl (C=O) groups excluding carboxylic acids is 3. The lowest BCUT2D eigenvalue weighted by Crippen LogP contribution is -2.42. The van der Waals surface area contributed by atoms with Crippen molar-refractivity contribution in [1.82, 2.24) is 10.6 Å². The van der Waals surface area contributed by atoms with Gasteiger partial charge in [-0.3, -0.25) is 10.1 Å². The molecule has 0 saturated heterocycles. The van der Waals surface area contributed by atoms with Crippen LogP contribution in [0.25, 0.3) is 0 Å². The number of benzene rings is 2. The lowest BCUT2D eigenvalue weighted by atomic mass is 10.2. The van der Waals surface area contributed by atoms with Crippen LogP contribution in [-0.2, 0) is 32.2 Å². The van der Waals surface area contributed by atoms with E-state index in [4.69, 9.17) is 19.9 Å². The first-order valence-corrected chi connectivity index (χ1v) is 10.9. The van der Waals surface area contributed by atoms with Gasteiger partial charge in [-0.15, -0.1) is 4.99 Å². The van der Waals surface area contributed by atoms with Gasteiger partial charge in [0, 0.05) is 6.54 Å². The van der Waals surface area contributed by atoms with Gasteiger partial charge in [0.25, 0.3) is 0 Å². The van der Waals surface area contributed by atoms with Crippen LogP contribution in [0.5, 0.6) is 0 Å². The summed E-state index contributed by atoms with van der Waals surface area (Å²) in [5.74, 6) is -0.621. The van der Waals surface area contributed by atoms with E-state index >= 15 is 0 Å². The highest BCUT2D eigenvalue weighted by atomic mass is 16.6. The van der Waals surface area contributed by atoms with Crippen LogP contribution in [-0.4, -0.2) is 43.3 Å². The van der Waals surface area contributed by atoms with Crippen molar-refractivity contribution in [3.63, 3.8) is 0 Å². The molecule has 2 amide bonds. The molecular formula is C24H30N4O6. The summed E-state index contributed by atoms with van der Waals surface area (Å²) in [6.45, 7) is 2.31. The fourth-order valence-electron chi connectivity index (χ4n) is 2.71. The maximum absolute atomic E-state index is 12.2. The van der Waals surface area contributed by atoms with Gasteiger partial charge in [-0.25, -0.2) is 9.59 Å². The zero-order chi connectivity index (χ0) is 24.6. The molecular weight excluding hydrogens is 440 g/mol. The molecule has 2 aromatic rings. The molecule has 0 aliphatic carbocycles.